The van der Waals surface area contributed by atoms with Crippen LogP contribution in [0.5, 0.6) is 0 Å². The monoisotopic (exact) mass is 648 g/mol. The van der Waals surface area contributed by atoms with Gasteiger partial charge < -0.3 is 26.0 Å². The number of rotatable bonds is 11. The molecule has 3 aromatic heterocycles. The molecular formula is C28H26N9O6S2+. The number of allylic oxidation sites excluding steroid dienone is 2. The third-order valence-electron chi connectivity index (χ3n) is 6.71. The molecule has 45 heavy (non-hydrogen) atoms. The van der Waals surface area contributed by atoms with Gasteiger partial charge in [-0.2, -0.15) is 5.26 Å². The Morgan fingerprint density at radius 3 is 2.80 bits per heavy atom. The largest absolute Gasteiger partial charge is 0.477 e. The van der Waals surface area contributed by atoms with Gasteiger partial charge in [0.15, 0.2) is 36.0 Å². The number of fused-ring (bicyclic) bond motifs is 1. The number of thiazole rings is 1. The van der Waals surface area contributed by atoms with Gasteiger partial charge in [-0.05, 0) is 30.2 Å². The number of amides is 3. The third kappa shape index (κ3) is 6.56. The van der Waals surface area contributed by atoms with Crippen molar-refractivity contribution in [1.82, 2.24) is 25.5 Å². The summed E-state index contributed by atoms with van der Waals surface area (Å²) in [5.41, 5.74) is 7.96. The topological polar surface area (TPSA) is 220 Å². The Morgan fingerprint density at radius 1 is 1.36 bits per heavy atom. The van der Waals surface area contributed by atoms with Gasteiger partial charge in [0.25, 0.3) is 17.7 Å². The van der Waals surface area contributed by atoms with Gasteiger partial charge in [0.1, 0.15) is 35.1 Å². The maximum absolute atomic E-state index is 13.1. The summed E-state index contributed by atoms with van der Waals surface area (Å²) < 4.78 is 1.87. The van der Waals surface area contributed by atoms with Gasteiger partial charge in [0.05, 0.1) is 0 Å². The fraction of sp³-hybridized carbons (Fsp3) is 0.214. The van der Waals surface area contributed by atoms with Crippen LogP contribution in [0.15, 0.2) is 70.7 Å². The molecule has 1 fully saturated rings. The van der Waals surface area contributed by atoms with Crippen molar-refractivity contribution in [3.63, 3.8) is 0 Å². The molecule has 2 aliphatic rings. The van der Waals surface area contributed by atoms with E-state index in [1.807, 2.05) is 29.1 Å². The molecule has 0 aliphatic carbocycles. The van der Waals surface area contributed by atoms with Crippen molar-refractivity contribution in [3.05, 3.63) is 77.0 Å². The zero-order valence-electron chi connectivity index (χ0n) is 23.6. The molecule has 5 heterocycles. The van der Waals surface area contributed by atoms with E-state index in [1.165, 1.54) is 16.7 Å². The summed E-state index contributed by atoms with van der Waals surface area (Å²) in [6, 6.07) is 4.38. The van der Waals surface area contributed by atoms with Crippen LogP contribution in [0.2, 0.25) is 0 Å². The van der Waals surface area contributed by atoms with Crippen molar-refractivity contribution in [3.8, 4) is 17.3 Å². The van der Waals surface area contributed by atoms with Crippen molar-refractivity contribution in [1.29, 1.82) is 5.26 Å². The molecule has 1 saturated heterocycles. The summed E-state index contributed by atoms with van der Waals surface area (Å²) in [7, 11) is 0. The number of thioether (sulfide) groups is 1. The molecule has 5 rings (SSSR count). The Balaban J connectivity index is 1.24. The van der Waals surface area contributed by atoms with Crippen molar-refractivity contribution in [2.45, 2.75) is 24.9 Å². The molecule has 0 aromatic carbocycles. The van der Waals surface area contributed by atoms with Crippen LogP contribution in [0.4, 0.5) is 5.13 Å². The molecule has 0 saturated carbocycles. The molecule has 2 aliphatic heterocycles. The lowest BCUT2D eigenvalue weighted by Gasteiger charge is -2.49. The molecule has 6 N–H and O–H groups in total. The first kappa shape index (κ1) is 31.0. The Morgan fingerprint density at radius 2 is 2.13 bits per heavy atom. The van der Waals surface area contributed by atoms with E-state index in [4.69, 9.17) is 15.8 Å². The predicted octanol–water partition coefficient (Wildman–Crippen LogP) is 0.954. The number of nitrogens with zero attached hydrogens (tertiary/aromatic N) is 5. The number of hydrogen-bond donors (Lipinski definition) is 5. The van der Waals surface area contributed by atoms with Crippen molar-refractivity contribution >= 4 is 57.6 Å². The molecule has 15 nitrogen and oxygen atoms in total. The van der Waals surface area contributed by atoms with Crippen LogP contribution >= 0.6 is 23.1 Å². The van der Waals surface area contributed by atoms with Crippen LogP contribution in [0.1, 0.15) is 23.1 Å². The number of β-lactam (4-membered cyclic amide) rings is 1. The summed E-state index contributed by atoms with van der Waals surface area (Å²) >= 11 is 2.46. The van der Waals surface area contributed by atoms with E-state index in [9.17, 15) is 24.3 Å². The number of pyridine rings is 1. The van der Waals surface area contributed by atoms with Crippen LogP contribution in [-0.4, -0.2) is 73.2 Å². The van der Waals surface area contributed by atoms with Gasteiger partial charge in [-0.3, -0.25) is 24.6 Å². The number of nitrogen functional groups attached to an aromatic ring is 1. The van der Waals surface area contributed by atoms with Crippen LogP contribution in [0.25, 0.3) is 11.1 Å². The quantitative estimate of drug-likeness (QED) is 0.0495. The minimum atomic E-state index is -1.25. The van der Waals surface area contributed by atoms with Crippen molar-refractivity contribution < 1.29 is 33.7 Å². The van der Waals surface area contributed by atoms with Crippen molar-refractivity contribution in [2.75, 3.05) is 18.1 Å². The molecule has 0 bridgehead atoms. The number of nitrogens with one attached hydrogen (secondary N) is 3. The summed E-state index contributed by atoms with van der Waals surface area (Å²) in [4.78, 5) is 63.4. The zero-order valence-corrected chi connectivity index (χ0v) is 25.2. The number of aromatic nitrogens is 3. The van der Waals surface area contributed by atoms with Gasteiger partial charge >= 0.3 is 5.97 Å². The molecule has 0 radical (unpaired) electrons. The number of H-pyrrole nitrogens is 1. The predicted molar refractivity (Wildman–Crippen MR) is 163 cm³/mol. The normalized spacial score (nSPS) is 17.8. The number of hydrogen-bond acceptors (Lipinski definition) is 11. The summed E-state index contributed by atoms with van der Waals surface area (Å²) in [5.74, 6) is -2.72. The number of nitriles is 1. The zero-order chi connectivity index (χ0) is 32.1. The van der Waals surface area contributed by atoms with Crippen LogP contribution < -0.4 is 20.9 Å². The highest BCUT2D eigenvalue weighted by atomic mass is 32.2. The van der Waals surface area contributed by atoms with Crippen molar-refractivity contribution in [2.24, 2.45) is 5.16 Å². The first-order valence-electron chi connectivity index (χ1n) is 13.4. The van der Waals surface area contributed by atoms with Crippen LogP contribution in [-0.2, 0) is 25.8 Å². The molecular weight excluding hydrogens is 622 g/mol. The molecule has 0 spiro atoms. The van der Waals surface area contributed by atoms with Gasteiger partial charge in [-0.25, -0.2) is 14.3 Å². The lowest BCUT2D eigenvalue weighted by atomic mass is 10.0. The number of carboxylic acid groups (broad SMARTS) is 1. The van der Waals surface area contributed by atoms with Gasteiger partial charge in [0, 0.05) is 35.0 Å². The number of aliphatic carboxylic acids is 1. The smallest absolute Gasteiger partial charge is 0.352 e. The highest BCUT2D eigenvalue weighted by Crippen LogP contribution is 2.40. The fourth-order valence-corrected chi connectivity index (χ4v) is 6.48. The maximum atomic E-state index is 13.1. The number of oxime groups is 1. The van der Waals surface area contributed by atoms with Gasteiger partial charge in [-0.15, -0.1) is 23.1 Å². The summed E-state index contributed by atoms with van der Waals surface area (Å²) in [5, 5.41) is 28.3. The number of anilines is 1. The van der Waals surface area contributed by atoms with Gasteiger partial charge in [-0.1, -0.05) is 11.2 Å². The molecule has 2 atom stereocenters. The molecule has 0 unspecified atom stereocenters. The van der Waals surface area contributed by atoms with E-state index in [2.05, 4.69) is 25.8 Å². The second-order valence-corrected chi connectivity index (χ2v) is 11.5. The molecule has 3 aromatic rings. The highest BCUT2D eigenvalue weighted by Gasteiger charge is 2.54. The van der Waals surface area contributed by atoms with Gasteiger partial charge in [0.2, 0.25) is 0 Å². The SMILES string of the molecule is CCO/N=C(\C(=O)N[C@@H]1C(=O)N2C(C(=O)O)=C(/C=C/C[n+]3ccc(-c4c[nH]c(C(=O)NC#N)c4)cc3)CS[C@H]12)c1csc(N)n1. The number of nitrogens with two attached hydrogens (primary N) is 1. The van der Waals surface area contributed by atoms with E-state index >= 15 is 0 Å². The minimum Gasteiger partial charge on any atom is -0.477 e. The Hall–Kier alpha value is -5.47. The lowest BCUT2D eigenvalue weighted by Crippen LogP contribution is -2.71. The average Bonchev–Trinajstić information content (AvgIpc) is 3.70. The van der Waals surface area contributed by atoms with E-state index < -0.39 is 35.1 Å². The number of carbonyl (C=O) groups is 4. The average molecular weight is 649 g/mol. The van der Waals surface area contributed by atoms with Crippen LogP contribution in [0, 0.1) is 11.5 Å². The first-order chi connectivity index (χ1) is 21.7. The third-order valence-corrected chi connectivity index (χ3v) is 8.68. The van der Waals surface area contributed by atoms with E-state index in [0.717, 1.165) is 22.5 Å². The fourth-order valence-electron chi connectivity index (χ4n) is 4.61. The Labute approximate surface area is 264 Å². The second-order valence-electron chi connectivity index (χ2n) is 9.52. The standard InChI is InChI=1S/C28H25N9O6S2/c1-2-43-35-20(19-13-45-28(30)33-19)24(39)34-21-25(40)37-22(27(41)42)16(12-44-26(21)37)4-3-7-36-8-5-15(6-9-36)17-10-18(31-11-17)23(38)32-14-29/h3-6,8-11,13,21,26H,2,7,12H2,1H3,(H5,30,32,33,34,38,39,41,42)/p+1/b4-3+,35-20-/t21-,26-/m1/s1. The van der Waals surface area contributed by atoms with E-state index in [-0.39, 0.29) is 34.5 Å². The number of carbonyl (C=O) groups excluding carboxylic acids is 3. The molecule has 230 valence electrons. The second kappa shape index (κ2) is 13.4. The molecule has 17 heteroatoms. The maximum Gasteiger partial charge on any atom is 0.352 e. The van der Waals surface area contributed by atoms with E-state index in [1.54, 1.807) is 42.9 Å². The number of carboxylic acids is 1. The summed E-state index contributed by atoms with van der Waals surface area (Å²) in [6.07, 6.45) is 10.4. The number of aromatic amines is 1. The van der Waals surface area contributed by atoms with Crippen LogP contribution in [0.3, 0.4) is 0 Å². The van der Waals surface area contributed by atoms with E-state index in [0.29, 0.717) is 17.9 Å². The molecule has 3 amide bonds. The minimum absolute atomic E-state index is 0.134. The summed E-state index contributed by atoms with van der Waals surface area (Å²) in [6.45, 7) is 2.33. The lowest BCUT2D eigenvalue weighted by molar-refractivity contribution is -0.686. The highest BCUT2D eigenvalue weighted by molar-refractivity contribution is 8.00. The Bertz CT molecular complexity index is 1790. The first-order valence-corrected chi connectivity index (χ1v) is 15.3. The Kier molecular flexibility index (Phi) is 9.25.